The number of carbonyl (C=O) groups excluding carboxylic acids is 1. The van der Waals surface area contributed by atoms with Gasteiger partial charge in [0.15, 0.2) is 15.6 Å². The zero-order valence-electron chi connectivity index (χ0n) is 16.3. The molecule has 0 bridgehead atoms. The number of thiocarbonyl (C=S) groups is 2. The van der Waals surface area contributed by atoms with E-state index in [9.17, 15) is 22.0 Å². The van der Waals surface area contributed by atoms with Gasteiger partial charge in [-0.05, 0) is 24.3 Å². The van der Waals surface area contributed by atoms with E-state index in [0.29, 0.717) is 11.1 Å². The first kappa shape index (κ1) is 24.0. The molecule has 160 valence electrons. The average molecular weight is 471 g/mol. The van der Waals surface area contributed by atoms with E-state index in [0.717, 1.165) is 0 Å². The van der Waals surface area contributed by atoms with Crippen molar-refractivity contribution in [1.82, 2.24) is 9.80 Å². The quantitative estimate of drug-likeness (QED) is 0.550. The largest absolute Gasteiger partial charge is 0.358 e. The fourth-order valence-corrected chi connectivity index (χ4v) is 4.57. The van der Waals surface area contributed by atoms with Crippen LogP contribution in [-0.4, -0.2) is 66.2 Å². The summed E-state index contributed by atoms with van der Waals surface area (Å²) in [5, 5.41) is 0. The molecule has 0 aromatic heterocycles. The number of hydrogen-bond acceptors (Lipinski definition) is 5. The first-order valence-corrected chi connectivity index (χ1v) is 11.4. The maximum Gasteiger partial charge on any atom is 0.175 e. The van der Waals surface area contributed by atoms with Gasteiger partial charge in [0.05, 0.1) is 6.54 Å². The number of sulfone groups is 1. The van der Waals surface area contributed by atoms with Crippen molar-refractivity contribution < 1.29 is 22.0 Å². The van der Waals surface area contributed by atoms with Gasteiger partial charge in [-0.1, -0.05) is 48.7 Å². The number of halogens is 2. The summed E-state index contributed by atoms with van der Waals surface area (Å²) in [7, 11) is -0.831. The fourth-order valence-electron chi connectivity index (χ4n) is 2.71. The molecule has 0 heterocycles. The van der Waals surface area contributed by atoms with Gasteiger partial charge in [-0.3, -0.25) is 4.79 Å². The van der Waals surface area contributed by atoms with E-state index in [1.165, 1.54) is 60.3 Å². The number of rotatable bonds is 8. The third-order valence-electron chi connectivity index (χ3n) is 4.02. The topological polar surface area (TPSA) is 57.7 Å². The molecule has 0 aliphatic carbocycles. The van der Waals surface area contributed by atoms with Gasteiger partial charge < -0.3 is 9.80 Å². The van der Waals surface area contributed by atoms with Crippen molar-refractivity contribution in [2.45, 2.75) is 0 Å². The monoisotopic (exact) mass is 470 g/mol. The molecule has 0 radical (unpaired) electrons. The molecule has 0 saturated carbocycles. The zero-order chi connectivity index (χ0) is 22.5. The molecule has 2 rings (SSSR count). The molecule has 0 spiro atoms. The van der Waals surface area contributed by atoms with E-state index < -0.39 is 38.9 Å². The molecule has 30 heavy (non-hydrogen) atoms. The van der Waals surface area contributed by atoms with Crippen LogP contribution in [0.15, 0.2) is 48.5 Å². The van der Waals surface area contributed by atoms with E-state index in [2.05, 4.69) is 0 Å². The Kier molecular flexibility index (Phi) is 8.10. The van der Waals surface area contributed by atoms with Crippen LogP contribution in [0.25, 0.3) is 0 Å². The number of ketones is 1. The Balaban J connectivity index is 1.96. The summed E-state index contributed by atoms with van der Waals surface area (Å²) in [4.78, 5) is 15.3. The average Bonchev–Trinajstić information content (AvgIpc) is 2.65. The lowest BCUT2D eigenvalue weighted by Crippen LogP contribution is -2.37. The Labute approximate surface area is 185 Å². The summed E-state index contributed by atoms with van der Waals surface area (Å²) in [6.07, 6.45) is 0. The van der Waals surface area contributed by atoms with Crippen molar-refractivity contribution in [3.8, 4) is 0 Å². The normalized spacial score (nSPS) is 11.1. The van der Waals surface area contributed by atoms with Crippen molar-refractivity contribution in [1.29, 1.82) is 0 Å². The molecular weight excluding hydrogens is 450 g/mol. The summed E-state index contributed by atoms with van der Waals surface area (Å²) < 4.78 is 51.5. The predicted molar refractivity (Wildman–Crippen MR) is 120 cm³/mol. The van der Waals surface area contributed by atoms with Gasteiger partial charge >= 0.3 is 0 Å². The second kappa shape index (κ2) is 10.1. The second-order valence-electron chi connectivity index (χ2n) is 6.74. The highest BCUT2D eigenvalue weighted by molar-refractivity contribution is 7.92. The second-order valence-corrected chi connectivity index (χ2v) is 9.55. The number of nitrogens with zero attached hydrogens (tertiary/aromatic N) is 2. The maximum atomic E-state index is 13.4. The van der Waals surface area contributed by atoms with E-state index in [1.807, 2.05) is 0 Å². The zero-order valence-corrected chi connectivity index (χ0v) is 18.8. The summed E-state index contributed by atoms with van der Waals surface area (Å²) in [5.41, 5.74) is 0.789. The molecule has 2 aromatic rings. The lowest BCUT2D eigenvalue weighted by atomic mass is 10.2. The summed E-state index contributed by atoms with van der Waals surface area (Å²) in [6.45, 7) is -0.243. The third-order valence-corrected chi connectivity index (χ3v) is 6.66. The molecule has 2 aromatic carbocycles. The molecule has 0 amide bonds. The van der Waals surface area contributed by atoms with Gasteiger partial charge in [0.25, 0.3) is 0 Å². The van der Waals surface area contributed by atoms with Gasteiger partial charge in [0.2, 0.25) is 0 Å². The van der Waals surface area contributed by atoms with Crippen LogP contribution < -0.4 is 0 Å². The minimum atomic E-state index is -3.82. The van der Waals surface area contributed by atoms with Crippen LogP contribution in [0.1, 0.15) is 11.1 Å². The Hall–Kier alpha value is -2.30. The first-order chi connectivity index (χ1) is 14.0. The molecule has 0 aliphatic heterocycles. The van der Waals surface area contributed by atoms with Crippen molar-refractivity contribution >= 4 is 50.0 Å². The van der Waals surface area contributed by atoms with E-state index in [-0.39, 0.29) is 16.5 Å². The smallest absolute Gasteiger partial charge is 0.175 e. The van der Waals surface area contributed by atoms with Crippen LogP contribution in [0.5, 0.6) is 0 Å². The SMILES string of the molecule is CN(CC(=O)CS(=O)(=O)CN(C)C(=S)c1cccc(F)c1)C(=S)c1cccc(F)c1. The Morgan fingerprint density at radius 2 is 1.37 bits per heavy atom. The number of hydrogen-bond donors (Lipinski definition) is 0. The van der Waals surface area contributed by atoms with Gasteiger partial charge in [-0.15, -0.1) is 0 Å². The van der Waals surface area contributed by atoms with Gasteiger partial charge in [-0.2, -0.15) is 0 Å². The molecule has 0 saturated heterocycles. The summed E-state index contributed by atoms with van der Waals surface area (Å²) in [5.74, 6) is -2.72. The number of benzene rings is 2. The van der Waals surface area contributed by atoms with Crippen molar-refractivity contribution in [3.63, 3.8) is 0 Å². The van der Waals surface area contributed by atoms with E-state index in [1.54, 1.807) is 12.1 Å². The standard InChI is InChI=1S/C20H20F2N2O3S3/c1-23(19(28)14-5-3-7-16(21)9-14)11-18(25)12-30(26,27)13-24(2)20(29)15-6-4-8-17(22)10-15/h3-10H,11-13H2,1-2H3. The van der Waals surface area contributed by atoms with Crippen LogP contribution in [0.3, 0.4) is 0 Å². The van der Waals surface area contributed by atoms with Crippen LogP contribution >= 0.6 is 24.4 Å². The molecule has 0 atom stereocenters. The summed E-state index contributed by atoms with van der Waals surface area (Å²) >= 11 is 10.4. The van der Waals surface area contributed by atoms with Crippen LogP contribution in [0.2, 0.25) is 0 Å². The molecule has 0 fully saturated rings. The van der Waals surface area contributed by atoms with Gasteiger partial charge in [0.1, 0.15) is 33.2 Å². The molecule has 10 heteroatoms. The molecule has 0 unspecified atom stereocenters. The van der Waals surface area contributed by atoms with Crippen molar-refractivity contribution in [2.75, 3.05) is 32.3 Å². The van der Waals surface area contributed by atoms with Gasteiger partial charge in [0, 0.05) is 25.2 Å². The minimum Gasteiger partial charge on any atom is -0.358 e. The Morgan fingerprint density at radius 3 is 1.83 bits per heavy atom. The van der Waals surface area contributed by atoms with Crippen LogP contribution in [-0.2, 0) is 14.6 Å². The molecular formula is C20H20F2N2O3S3. The maximum absolute atomic E-state index is 13.4. The summed E-state index contributed by atoms with van der Waals surface area (Å²) in [6, 6.07) is 11.1. The van der Waals surface area contributed by atoms with E-state index >= 15 is 0 Å². The highest BCUT2D eigenvalue weighted by Crippen LogP contribution is 2.10. The minimum absolute atomic E-state index is 0.148. The first-order valence-electron chi connectivity index (χ1n) is 8.72. The van der Waals surface area contributed by atoms with Gasteiger partial charge in [-0.25, -0.2) is 17.2 Å². The van der Waals surface area contributed by atoms with Crippen LogP contribution in [0, 0.1) is 11.6 Å². The number of likely N-dealkylation sites (N-methyl/N-ethyl adjacent to an activating group) is 1. The third kappa shape index (κ3) is 6.89. The Bertz CT molecular complexity index is 1070. The lowest BCUT2D eigenvalue weighted by Gasteiger charge is -2.21. The fraction of sp³-hybridized carbons (Fsp3) is 0.250. The van der Waals surface area contributed by atoms with Crippen molar-refractivity contribution in [3.05, 3.63) is 71.3 Å². The van der Waals surface area contributed by atoms with Crippen LogP contribution in [0.4, 0.5) is 8.78 Å². The highest BCUT2D eigenvalue weighted by Gasteiger charge is 2.22. The molecule has 0 aliphatic rings. The molecule has 0 N–H and O–H groups in total. The van der Waals surface area contributed by atoms with Crippen molar-refractivity contribution in [2.24, 2.45) is 0 Å². The molecule has 5 nitrogen and oxygen atoms in total. The highest BCUT2D eigenvalue weighted by atomic mass is 32.2. The Morgan fingerprint density at radius 1 is 0.900 bits per heavy atom. The number of Topliss-reactive ketones (excluding diaryl/α,β-unsaturated/α-hetero) is 1. The number of carbonyl (C=O) groups is 1. The van der Waals surface area contributed by atoms with E-state index in [4.69, 9.17) is 24.4 Å². The lowest BCUT2D eigenvalue weighted by molar-refractivity contribution is -0.116. The predicted octanol–water partition coefficient (Wildman–Crippen LogP) is 2.82.